The zero-order valence-electron chi connectivity index (χ0n) is 14.0. The van der Waals surface area contributed by atoms with Crippen molar-refractivity contribution in [2.24, 2.45) is 0 Å². The number of carbonyl (C=O) groups excluding carboxylic acids is 1. The molecule has 2 aromatic heterocycles. The summed E-state index contributed by atoms with van der Waals surface area (Å²) in [6.45, 7) is 0.395. The Morgan fingerprint density at radius 1 is 1.04 bits per heavy atom. The van der Waals surface area contributed by atoms with Crippen LogP contribution in [0, 0.1) is 11.8 Å². The SMILES string of the molecule is O=C(COc1cccnc1)NCC#CCOc1ccc2cccnc2c1. The van der Waals surface area contributed by atoms with Gasteiger partial charge in [-0.05, 0) is 30.3 Å². The molecule has 0 aliphatic rings. The Morgan fingerprint density at radius 3 is 2.85 bits per heavy atom. The molecular formula is C20H17N3O3. The van der Waals surface area contributed by atoms with Gasteiger partial charge in [-0.15, -0.1) is 0 Å². The fourth-order valence-electron chi connectivity index (χ4n) is 2.14. The Bertz CT molecular complexity index is 933. The van der Waals surface area contributed by atoms with Crippen molar-refractivity contribution in [1.82, 2.24) is 15.3 Å². The molecule has 1 aromatic carbocycles. The van der Waals surface area contributed by atoms with E-state index < -0.39 is 0 Å². The number of nitrogens with zero attached hydrogens (tertiary/aromatic N) is 2. The van der Waals surface area contributed by atoms with Gasteiger partial charge in [-0.1, -0.05) is 17.9 Å². The molecule has 0 fully saturated rings. The third kappa shape index (κ3) is 5.21. The first-order valence-corrected chi connectivity index (χ1v) is 8.04. The maximum atomic E-state index is 11.6. The Kier molecular flexibility index (Phi) is 5.99. The standard InChI is InChI=1S/C20H17N3O3/c24-20(15-26-18-6-4-9-21-14-18)23-10-1-2-12-25-17-8-7-16-5-3-11-22-19(16)13-17/h3-9,11,13-14H,10,12,15H2,(H,23,24). The van der Waals surface area contributed by atoms with Crippen molar-refractivity contribution in [3.8, 4) is 23.3 Å². The van der Waals surface area contributed by atoms with Gasteiger partial charge in [-0.2, -0.15) is 0 Å². The molecule has 6 nitrogen and oxygen atoms in total. The number of hydrogen-bond acceptors (Lipinski definition) is 5. The van der Waals surface area contributed by atoms with E-state index in [-0.39, 0.29) is 25.7 Å². The molecule has 0 aliphatic carbocycles. The quantitative estimate of drug-likeness (QED) is 0.692. The number of fused-ring (bicyclic) bond motifs is 1. The molecular weight excluding hydrogens is 330 g/mol. The van der Waals surface area contributed by atoms with Crippen molar-refractivity contribution in [1.29, 1.82) is 0 Å². The minimum absolute atomic E-state index is 0.0754. The average molecular weight is 347 g/mol. The van der Waals surface area contributed by atoms with Crippen molar-refractivity contribution in [2.75, 3.05) is 19.8 Å². The van der Waals surface area contributed by atoms with Crippen LogP contribution >= 0.6 is 0 Å². The fourth-order valence-corrected chi connectivity index (χ4v) is 2.14. The number of carbonyl (C=O) groups is 1. The van der Waals surface area contributed by atoms with E-state index in [2.05, 4.69) is 27.1 Å². The Hall–Kier alpha value is -3.59. The third-order valence-corrected chi connectivity index (χ3v) is 3.39. The number of aromatic nitrogens is 2. The van der Waals surface area contributed by atoms with Gasteiger partial charge in [-0.3, -0.25) is 14.8 Å². The lowest BCUT2D eigenvalue weighted by Gasteiger charge is -2.04. The number of hydrogen-bond donors (Lipinski definition) is 1. The van der Waals surface area contributed by atoms with Gasteiger partial charge >= 0.3 is 0 Å². The lowest BCUT2D eigenvalue weighted by molar-refractivity contribution is -0.122. The van der Waals surface area contributed by atoms with Gasteiger partial charge in [0.15, 0.2) is 6.61 Å². The first kappa shape index (κ1) is 17.2. The zero-order chi connectivity index (χ0) is 18.0. The van der Waals surface area contributed by atoms with E-state index in [1.165, 1.54) is 0 Å². The maximum absolute atomic E-state index is 11.6. The molecule has 130 valence electrons. The lowest BCUT2D eigenvalue weighted by atomic mass is 10.2. The van der Waals surface area contributed by atoms with E-state index in [9.17, 15) is 4.79 Å². The van der Waals surface area contributed by atoms with Crippen LogP contribution in [0.25, 0.3) is 10.9 Å². The smallest absolute Gasteiger partial charge is 0.258 e. The molecule has 1 N–H and O–H groups in total. The van der Waals surface area contributed by atoms with Crippen LogP contribution in [-0.2, 0) is 4.79 Å². The molecule has 3 rings (SSSR count). The van der Waals surface area contributed by atoms with Gasteiger partial charge < -0.3 is 14.8 Å². The molecule has 0 saturated heterocycles. The number of benzene rings is 1. The second-order valence-electron chi connectivity index (χ2n) is 5.25. The van der Waals surface area contributed by atoms with Crippen LogP contribution in [0.4, 0.5) is 0 Å². The number of ether oxygens (including phenoxy) is 2. The van der Waals surface area contributed by atoms with Crippen LogP contribution < -0.4 is 14.8 Å². The molecule has 0 spiro atoms. The largest absolute Gasteiger partial charge is 0.482 e. The Labute approximate surface area is 151 Å². The van der Waals surface area contributed by atoms with Gasteiger partial charge in [0, 0.05) is 23.8 Å². The third-order valence-electron chi connectivity index (χ3n) is 3.39. The zero-order valence-corrected chi connectivity index (χ0v) is 14.0. The van der Waals surface area contributed by atoms with E-state index in [4.69, 9.17) is 9.47 Å². The van der Waals surface area contributed by atoms with Crippen molar-refractivity contribution in [3.05, 3.63) is 61.1 Å². The minimum atomic E-state index is -0.246. The van der Waals surface area contributed by atoms with E-state index in [1.54, 1.807) is 30.7 Å². The van der Waals surface area contributed by atoms with Crippen LogP contribution in [0.5, 0.6) is 11.5 Å². The molecule has 0 radical (unpaired) electrons. The number of pyridine rings is 2. The summed E-state index contributed by atoms with van der Waals surface area (Å²) in [6.07, 6.45) is 4.93. The first-order chi connectivity index (χ1) is 12.8. The van der Waals surface area contributed by atoms with Crippen molar-refractivity contribution in [2.45, 2.75) is 0 Å². The van der Waals surface area contributed by atoms with E-state index in [0.717, 1.165) is 10.9 Å². The summed E-state index contributed by atoms with van der Waals surface area (Å²) < 4.78 is 10.9. The summed E-state index contributed by atoms with van der Waals surface area (Å²) in [4.78, 5) is 19.8. The van der Waals surface area contributed by atoms with Crippen LogP contribution in [0.1, 0.15) is 0 Å². The second-order valence-corrected chi connectivity index (χ2v) is 5.25. The first-order valence-electron chi connectivity index (χ1n) is 8.04. The molecule has 3 aromatic rings. The van der Waals surface area contributed by atoms with Crippen molar-refractivity contribution in [3.63, 3.8) is 0 Å². The number of rotatable bonds is 6. The molecule has 0 atom stereocenters. The van der Waals surface area contributed by atoms with Gasteiger partial charge in [0.05, 0.1) is 18.3 Å². The average Bonchev–Trinajstić information content (AvgIpc) is 2.69. The molecule has 6 heteroatoms. The molecule has 0 unspecified atom stereocenters. The topological polar surface area (TPSA) is 73.3 Å². The second kappa shape index (κ2) is 9.04. The Morgan fingerprint density at radius 2 is 1.96 bits per heavy atom. The van der Waals surface area contributed by atoms with Gasteiger partial charge in [0.2, 0.25) is 0 Å². The molecule has 0 saturated carbocycles. The minimum Gasteiger partial charge on any atom is -0.482 e. The highest BCUT2D eigenvalue weighted by Crippen LogP contribution is 2.18. The monoisotopic (exact) mass is 347 g/mol. The van der Waals surface area contributed by atoms with Crippen LogP contribution in [0.3, 0.4) is 0 Å². The summed E-state index contributed by atoms with van der Waals surface area (Å²) in [5.41, 5.74) is 0.874. The molecule has 0 aliphatic heterocycles. The summed E-state index contributed by atoms with van der Waals surface area (Å²) in [6, 6.07) is 13.1. The van der Waals surface area contributed by atoms with Crippen molar-refractivity contribution < 1.29 is 14.3 Å². The summed E-state index contributed by atoms with van der Waals surface area (Å²) in [7, 11) is 0. The van der Waals surface area contributed by atoms with E-state index in [0.29, 0.717) is 11.5 Å². The van der Waals surface area contributed by atoms with Crippen LogP contribution in [0.15, 0.2) is 61.1 Å². The van der Waals surface area contributed by atoms with E-state index in [1.807, 2.05) is 30.3 Å². The van der Waals surface area contributed by atoms with E-state index >= 15 is 0 Å². The highest BCUT2D eigenvalue weighted by Gasteiger charge is 2.00. The predicted molar refractivity (Wildman–Crippen MR) is 97.8 cm³/mol. The lowest BCUT2D eigenvalue weighted by Crippen LogP contribution is -2.29. The number of nitrogens with one attached hydrogen (secondary N) is 1. The maximum Gasteiger partial charge on any atom is 0.258 e. The van der Waals surface area contributed by atoms with Gasteiger partial charge in [0.25, 0.3) is 5.91 Å². The number of amides is 1. The normalized spacial score (nSPS) is 9.85. The summed E-state index contributed by atoms with van der Waals surface area (Å²) >= 11 is 0. The molecule has 0 bridgehead atoms. The summed E-state index contributed by atoms with van der Waals surface area (Å²) in [5, 5.41) is 3.71. The highest BCUT2D eigenvalue weighted by molar-refractivity contribution is 5.79. The predicted octanol–water partition coefficient (Wildman–Crippen LogP) is 2.21. The highest BCUT2D eigenvalue weighted by atomic mass is 16.5. The van der Waals surface area contributed by atoms with Gasteiger partial charge in [0.1, 0.15) is 18.1 Å². The fraction of sp³-hybridized carbons (Fsp3) is 0.150. The molecule has 2 heterocycles. The van der Waals surface area contributed by atoms with Crippen LogP contribution in [-0.4, -0.2) is 35.6 Å². The molecule has 1 amide bonds. The summed E-state index contributed by atoms with van der Waals surface area (Å²) in [5.74, 6) is 6.69. The van der Waals surface area contributed by atoms with Crippen LogP contribution in [0.2, 0.25) is 0 Å². The Balaban J connectivity index is 1.36. The molecule has 26 heavy (non-hydrogen) atoms. The van der Waals surface area contributed by atoms with Gasteiger partial charge in [-0.25, -0.2) is 0 Å². The van der Waals surface area contributed by atoms with Crippen molar-refractivity contribution >= 4 is 16.8 Å².